The van der Waals surface area contributed by atoms with Crippen molar-refractivity contribution in [3.63, 3.8) is 0 Å². The second-order valence-electron chi connectivity index (χ2n) is 5.23. The van der Waals surface area contributed by atoms with Gasteiger partial charge in [-0.25, -0.2) is 18.7 Å². The third-order valence-corrected chi connectivity index (χ3v) is 3.55. The fourth-order valence-electron chi connectivity index (χ4n) is 2.22. The number of hydrogen-bond acceptors (Lipinski definition) is 4. The Morgan fingerprint density at radius 2 is 1.80 bits per heavy atom. The van der Waals surface area contributed by atoms with Gasteiger partial charge < -0.3 is 10.2 Å². The van der Waals surface area contributed by atoms with Crippen molar-refractivity contribution in [1.29, 1.82) is 0 Å². The van der Waals surface area contributed by atoms with Gasteiger partial charge in [-0.1, -0.05) is 18.2 Å². The lowest BCUT2D eigenvalue weighted by Crippen LogP contribution is -2.17. The van der Waals surface area contributed by atoms with Crippen molar-refractivity contribution in [2.24, 2.45) is 0 Å². The summed E-state index contributed by atoms with van der Waals surface area (Å²) >= 11 is 0. The predicted molar refractivity (Wildman–Crippen MR) is 90.8 cm³/mol. The first-order valence-corrected chi connectivity index (χ1v) is 7.42. The molecule has 0 aliphatic rings. The Morgan fingerprint density at radius 1 is 1.04 bits per heavy atom. The Kier molecular flexibility index (Phi) is 4.65. The monoisotopic (exact) mass is 340 g/mol. The van der Waals surface area contributed by atoms with Crippen LogP contribution in [-0.4, -0.2) is 22.9 Å². The van der Waals surface area contributed by atoms with Crippen molar-refractivity contribution < 1.29 is 13.6 Å². The molecular weight excluding hydrogens is 326 g/mol. The molecule has 5 nitrogen and oxygen atoms in total. The van der Waals surface area contributed by atoms with Crippen molar-refractivity contribution in [2.75, 3.05) is 17.3 Å². The number of rotatable bonds is 4. The zero-order valence-corrected chi connectivity index (χ0v) is 13.3. The van der Waals surface area contributed by atoms with E-state index in [2.05, 4.69) is 15.3 Å². The van der Waals surface area contributed by atoms with E-state index in [4.69, 9.17) is 0 Å². The molecule has 1 N–H and O–H groups in total. The normalized spacial score (nSPS) is 10.4. The van der Waals surface area contributed by atoms with Crippen LogP contribution in [0.4, 0.5) is 26.0 Å². The summed E-state index contributed by atoms with van der Waals surface area (Å²) in [5, 5.41) is 2.37. The number of nitrogens with zero attached hydrogens (tertiary/aromatic N) is 3. The van der Waals surface area contributed by atoms with Crippen molar-refractivity contribution >= 4 is 23.1 Å². The van der Waals surface area contributed by atoms with E-state index in [0.717, 1.165) is 17.8 Å². The SMILES string of the molecule is CN(c1ccccc1)c1cc(C(=O)Nc2ccc(F)cc2F)ncn1. The van der Waals surface area contributed by atoms with Crippen LogP contribution in [0.2, 0.25) is 0 Å². The third-order valence-electron chi connectivity index (χ3n) is 3.55. The highest BCUT2D eigenvalue weighted by molar-refractivity contribution is 6.03. The van der Waals surface area contributed by atoms with E-state index < -0.39 is 17.5 Å². The summed E-state index contributed by atoms with van der Waals surface area (Å²) in [6.45, 7) is 0. The maximum absolute atomic E-state index is 13.7. The van der Waals surface area contributed by atoms with Crippen molar-refractivity contribution in [2.45, 2.75) is 0 Å². The lowest BCUT2D eigenvalue weighted by atomic mass is 10.2. The van der Waals surface area contributed by atoms with Crippen molar-refractivity contribution in [1.82, 2.24) is 9.97 Å². The van der Waals surface area contributed by atoms with Crippen molar-refractivity contribution in [3.8, 4) is 0 Å². The summed E-state index contributed by atoms with van der Waals surface area (Å²) in [5.74, 6) is -1.69. The van der Waals surface area contributed by atoms with Gasteiger partial charge in [0.1, 0.15) is 29.5 Å². The molecule has 0 aliphatic carbocycles. The Bertz CT molecular complexity index is 903. The number of hydrogen-bond donors (Lipinski definition) is 1. The number of para-hydroxylation sites is 1. The maximum atomic E-state index is 13.7. The van der Waals surface area contributed by atoms with Gasteiger partial charge in [-0.2, -0.15) is 0 Å². The molecule has 0 fully saturated rings. The highest BCUT2D eigenvalue weighted by atomic mass is 19.1. The molecule has 0 saturated carbocycles. The smallest absolute Gasteiger partial charge is 0.274 e. The minimum Gasteiger partial charge on any atom is -0.329 e. The number of carbonyl (C=O) groups excluding carboxylic acids is 1. The molecule has 126 valence electrons. The van der Waals surface area contributed by atoms with Crippen LogP contribution in [0.5, 0.6) is 0 Å². The lowest BCUT2D eigenvalue weighted by Gasteiger charge is -2.18. The van der Waals surface area contributed by atoms with Gasteiger partial charge in [-0.3, -0.25) is 4.79 Å². The molecule has 3 rings (SSSR count). The Morgan fingerprint density at radius 3 is 2.52 bits per heavy atom. The van der Waals surface area contributed by atoms with Gasteiger partial charge in [0, 0.05) is 24.9 Å². The van der Waals surface area contributed by atoms with E-state index >= 15 is 0 Å². The zero-order valence-electron chi connectivity index (χ0n) is 13.3. The first-order chi connectivity index (χ1) is 12.0. The minimum atomic E-state index is -0.857. The summed E-state index contributed by atoms with van der Waals surface area (Å²) in [6, 6.07) is 13.9. The minimum absolute atomic E-state index is 0.0662. The summed E-state index contributed by atoms with van der Waals surface area (Å²) < 4.78 is 26.6. The number of anilines is 3. The Hall–Kier alpha value is -3.35. The molecule has 2 aromatic carbocycles. The first kappa shape index (κ1) is 16.5. The van der Waals surface area contributed by atoms with Crippen LogP contribution in [0.3, 0.4) is 0 Å². The van der Waals surface area contributed by atoms with Crippen LogP contribution in [0, 0.1) is 11.6 Å². The first-order valence-electron chi connectivity index (χ1n) is 7.42. The maximum Gasteiger partial charge on any atom is 0.274 e. The summed E-state index contributed by atoms with van der Waals surface area (Å²) in [4.78, 5) is 22.1. The third kappa shape index (κ3) is 3.77. The molecule has 0 radical (unpaired) electrons. The highest BCUT2D eigenvalue weighted by Crippen LogP contribution is 2.21. The number of halogens is 2. The van der Waals surface area contributed by atoms with E-state index in [9.17, 15) is 13.6 Å². The number of aromatic nitrogens is 2. The fraction of sp³-hybridized carbons (Fsp3) is 0.0556. The molecule has 0 spiro atoms. The predicted octanol–water partition coefficient (Wildman–Crippen LogP) is 3.78. The highest BCUT2D eigenvalue weighted by Gasteiger charge is 2.14. The van der Waals surface area contributed by atoms with Crippen LogP contribution in [0.15, 0.2) is 60.9 Å². The second-order valence-corrected chi connectivity index (χ2v) is 5.23. The molecule has 25 heavy (non-hydrogen) atoms. The number of carbonyl (C=O) groups is 1. The average molecular weight is 340 g/mol. The largest absolute Gasteiger partial charge is 0.329 e. The molecule has 7 heteroatoms. The molecule has 0 bridgehead atoms. The summed E-state index contributed by atoms with van der Waals surface area (Å²) in [6.07, 6.45) is 1.25. The van der Waals surface area contributed by atoms with E-state index in [1.165, 1.54) is 12.4 Å². The number of nitrogens with one attached hydrogen (secondary N) is 1. The molecule has 1 aromatic heterocycles. The van der Waals surface area contributed by atoms with Crippen LogP contribution in [0.1, 0.15) is 10.5 Å². The van der Waals surface area contributed by atoms with Crippen LogP contribution in [-0.2, 0) is 0 Å². The number of amides is 1. The van der Waals surface area contributed by atoms with Gasteiger partial charge in [-0.05, 0) is 24.3 Å². The average Bonchev–Trinajstić information content (AvgIpc) is 2.64. The molecule has 1 amide bonds. The van der Waals surface area contributed by atoms with E-state index in [-0.39, 0.29) is 11.4 Å². The fourth-order valence-corrected chi connectivity index (χ4v) is 2.22. The summed E-state index contributed by atoms with van der Waals surface area (Å²) in [5.41, 5.74) is 0.830. The van der Waals surface area contributed by atoms with E-state index in [0.29, 0.717) is 11.9 Å². The van der Waals surface area contributed by atoms with Gasteiger partial charge in [0.05, 0.1) is 5.69 Å². The van der Waals surface area contributed by atoms with Gasteiger partial charge in [-0.15, -0.1) is 0 Å². The van der Waals surface area contributed by atoms with E-state index in [1.54, 1.807) is 11.9 Å². The number of benzene rings is 2. The topological polar surface area (TPSA) is 58.1 Å². The summed E-state index contributed by atoms with van der Waals surface area (Å²) in [7, 11) is 1.80. The van der Waals surface area contributed by atoms with Crippen LogP contribution < -0.4 is 10.2 Å². The standard InChI is InChI=1S/C18H14F2N4O/c1-24(13-5-3-2-4-6-13)17-10-16(21-11-22-17)18(25)23-15-8-7-12(19)9-14(15)20/h2-11H,1H3,(H,23,25). The molecule has 3 aromatic rings. The quantitative estimate of drug-likeness (QED) is 0.785. The van der Waals surface area contributed by atoms with Gasteiger partial charge in [0.15, 0.2) is 0 Å². The molecule has 0 atom stereocenters. The van der Waals surface area contributed by atoms with Gasteiger partial charge >= 0.3 is 0 Å². The molecular formula is C18H14F2N4O. The molecule has 0 unspecified atom stereocenters. The second kappa shape index (κ2) is 7.04. The molecule has 0 aliphatic heterocycles. The lowest BCUT2D eigenvalue weighted by molar-refractivity contribution is 0.102. The zero-order chi connectivity index (χ0) is 17.8. The van der Waals surface area contributed by atoms with Gasteiger partial charge in [0.2, 0.25) is 0 Å². The Labute approximate surface area is 143 Å². The molecule has 1 heterocycles. The van der Waals surface area contributed by atoms with Gasteiger partial charge in [0.25, 0.3) is 5.91 Å². The van der Waals surface area contributed by atoms with Crippen LogP contribution >= 0.6 is 0 Å². The van der Waals surface area contributed by atoms with Crippen LogP contribution in [0.25, 0.3) is 0 Å². The van der Waals surface area contributed by atoms with Crippen molar-refractivity contribution in [3.05, 3.63) is 78.3 Å². The Balaban J connectivity index is 1.82. The van der Waals surface area contributed by atoms with E-state index in [1.807, 2.05) is 30.3 Å². The molecule has 0 saturated heterocycles.